The Morgan fingerprint density at radius 3 is 3.00 bits per heavy atom. The van der Waals surface area contributed by atoms with Gasteiger partial charge < -0.3 is 15.0 Å². The van der Waals surface area contributed by atoms with Gasteiger partial charge in [-0.3, -0.25) is 4.79 Å². The van der Waals surface area contributed by atoms with E-state index in [1.807, 2.05) is 6.92 Å². The highest BCUT2D eigenvalue weighted by Gasteiger charge is 2.29. The zero-order valence-electron chi connectivity index (χ0n) is 17.4. The summed E-state index contributed by atoms with van der Waals surface area (Å²) in [6.07, 6.45) is 4.07. The largest absolute Gasteiger partial charge is 0.495 e. The number of fused-ring (bicyclic) bond motifs is 1. The molecule has 3 aromatic rings. The SMILES string of the molecule is CCc1c(C)nc2ncnn2c1N1CCCC(C(=O)Nc2cc(Cl)ccc2OC)C1. The van der Waals surface area contributed by atoms with Crippen LogP contribution in [0.15, 0.2) is 24.5 Å². The first kappa shape index (κ1) is 20.4. The number of carbonyl (C=O) groups is 1. The van der Waals surface area contributed by atoms with Crippen LogP contribution >= 0.6 is 11.6 Å². The molecule has 1 N–H and O–H groups in total. The van der Waals surface area contributed by atoms with Crippen molar-refractivity contribution < 1.29 is 9.53 Å². The van der Waals surface area contributed by atoms with Gasteiger partial charge in [-0.1, -0.05) is 18.5 Å². The van der Waals surface area contributed by atoms with Gasteiger partial charge in [-0.25, -0.2) is 4.98 Å². The molecule has 1 amide bonds. The van der Waals surface area contributed by atoms with Gasteiger partial charge in [0.2, 0.25) is 5.91 Å². The molecule has 30 heavy (non-hydrogen) atoms. The minimum Gasteiger partial charge on any atom is -0.495 e. The molecule has 4 rings (SSSR count). The van der Waals surface area contributed by atoms with Gasteiger partial charge in [-0.2, -0.15) is 14.6 Å². The molecule has 1 atom stereocenters. The van der Waals surface area contributed by atoms with Crippen molar-refractivity contribution in [1.82, 2.24) is 19.6 Å². The molecule has 0 bridgehead atoms. The van der Waals surface area contributed by atoms with E-state index in [0.717, 1.165) is 42.9 Å². The van der Waals surface area contributed by atoms with Crippen LogP contribution in [0, 0.1) is 12.8 Å². The Hall–Kier alpha value is -2.87. The number of anilines is 2. The molecule has 9 heteroatoms. The number of methoxy groups -OCH3 is 1. The number of nitrogens with zero attached hydrogens (tertiary/aromatic N) is 5. The number of rotatable bonds is 5. The summed E-state index contributed by atoms with van der Waals surface area (Å²) in [7, 11) is 1.57. The van der Waals surface area contributed by atoms with Crippen LogP contribution in [0.3, 0.4) is 0 Å². The van der Waals surface area contributed by atoms with Gasteiger partial charge in [0, 0.05) is 29.4 Å². The Labute approximate surface area is 180 Å². The van der Waals surface area contributed by atoms with Crippen molar-refractivity contribution >= 4 is 34.8 Å². The summed E-state index contributed by atoms with van der Waals surface area (Å²) in [6.45, 7) is 5.56. The summed E-state index contributed by atoms with van der Waals surface area (Å²) < 4.78 is 7.14. The number of ether oxygens (including phenoxy) is 1. The van der Waals surface area contributed by atoms with Gasteiger partial charge in [-0.15, -0.1) is 0 Å². The van der Waals surface area contributed by atoms with E-state index >= 15 is 0 Å². The molecular weight excluding hydrogens is 404 g/mol. The van der Waals surface area contributed by atoms with E-state index in [1.54, 1.807) is 29.8 Å². The first-order chi connectivity index (χ1) is 14.5. The molecule has 2 aromatic heterocycles. The van der Waals surface area contributed by atoms with Crippen LogP contribution in [0.25, 0.3) is 5.78 Å². The molecule has 0 radical (unpaired) electrons. The lowest BCUT2D eigenvalue weighted by atomic mass is 9.96. The minimum atomic E-state index is -0.167. The van der Waals surface area contributed by atoms with Crippen molar-refractivity contribution in [3.05, 3.63) is 40.8 Å². The van der Waals surface area contributed by atoms with E-state index in [4.69, 9.17) is 16.3 Å². The molecule has 1 aromatic carbocycles. The van der Waals surface area contributed by atoms with Crippen molar-refractivity contribution in [2.24, 2.45) is 5.92 Å². The fourth-order valence-electron chi connectivity index (χ4n) is 4.10. The molecule has 0 spiro atoms. The molecular formula is C21H25ClN6O2. The third-order valence-electron chi connectivity index (χ3n) is 5.57. The average molecular weight is 429 g/mol. The second-order valence-corrected chi connectivity index (χ2v) is 7.88. The molecule has 158 valence electrons. The van der Waals surface area contributed by atoms with Crippen molar-refractivity contribution in [3.8, 4) is 5.75 Å². The Bertz CT molecular complexity index is 1080. The number of aromatic nitrogens is 4. The average Bonchev–Trinajstić information content (AvgIpc) is 3.20. The van der Waals surface area contributed by atoms with Crippen LogP contribution in [-0.2, 0) is 11.2 Å². The van der Waals surface area contributed by atoms with Crippen LogP contribution in [-0.4, -0.2) is 45.7 Å². The number of halogens is 1. The van der Waals surface area contributed by atoms with Crippen LogP contribution < -0.4 is 15.0 Å². The van der Waals surface area contributed by atoms with Gasteiger partial charge in [0.05, 0.1) is 18.7 Å². The van der Waals surface area contributed by atoms with Crippen molar-refractivity contribution in [1.29, 1.82) is 0 Å². The fourth-order valence-corrected chi connectivity index (χ4v) is 4.28. The summed E-state index contributed by atoms with van der Waals surface area (Å²) in [5.41, 5.74) is 2.66. The number of amides is 1. The molecule has 1 aliphatic heterocycles. The second-order valence-electron chi connectivity index (χ2n) is 7.44. The Balaban J connectivity index is 1.60. The number of nitrogens with one attached hydrogen (secondary N) is 1. The monoisotopic (exact) mass is 428 g/mol. The Morgan fingerprint density at radius 2 is 2.23 bits per heavy atom. The third-order valence-corrected chi connectivity index (χ3v) is 5.80. The van der Waals surface area contributed by atoms with E-state index in [2.05, 4.69) is 32.2 Å². The lowest BCUT2D eigenvalue weighted by Crippen LogP contribution is -2.42. The minimum absolute atomic E-state index is 0.0427. The predicted molar refractivity (Wildman–Crippen MR) is 116 cm³/mol. The Kier molecular flexibility index (Phi) is 5.76. The van der Waals surface area contributed by atoms with E-state index in [1.165, 1.54) is 6.33 Å². The molecule has 1 fully saturated rings. The van der Waals surface area contributed by atoms with E-state index < -0.39 is 0 Å². The number of hydrogen-bond donors (Lipinski definition) is 1. The molecule has 0 aliphatic carbocycles. The predicted octanol–water partition coefficient (Wildman–Crippen LogP) is 3.51. The number of hydrogen-bond acceptors (Lipinski definition) is 6. The Morgan fingerprint density at radius 1 is 1.40 bits per heavy atom. The summed E-state index contributed by atoms with van der Waals surface area (Å²) in [5, 5.41) is 7.92. The highest BCUT2D eigenvalue weighted by Crippen LogP contribution is 2.31. The quantitative estimate of drug-likeness (QED) is 0.669. The van der Waals surface area contributed by atoms with Gasteiger partial charge in [0.15, 0.2) is 0 Å². The molecule has 1 saturated heterocycles. The smallest absolute Gasteiger partial charge is 0.254 e. The maximum absolute atomic E-state index is 13.1. The number of piperidine rings is 1. The van der Waals surface area contributed by atoms with Crippen molar-refractivity contribution in [2.75, 3.05) is 30.4 Å². The van der Waals surface area contributed by atoms with E-state index in [9.17, 15) is 4.79 Å². The highest BCUT2D eigenvalue weighted by molar-refractivity contribution is 6.31. The topological polar surface area (TPSA) is 84.7 Å². The van der Waals surface area contributed by atoms with Crippen molar-refractivity contribution in [3.63, 3.8) is 0 Å². The van der Waals surface area contributed by atoms with Crippen LogP contribution in [0.1, 0.15) is 31.0 Å². The van der Waals surface area contributed by atoms with Crippen molar-refractivity contribution in [2.45, 2.75) is 33.1 Å². The number of carbonyl (C=O) groups excluding carboxylic acids is 1. The third kappa shape index (κ3) is 3.79. The number of aryl methyl sites for hydroxylation is 1. The summed E-state index contributed by atoms with van der Waals surface area (Å²) in [5.74, 6) is 1.94. The first-order valence-corrected chi connectivity index (χ1v) is 10.5. The van der Waals surface area contributed by atoms with Gasteiger partial charge >= 0.3 is 0 Å². The van der Waals surface area contributed by atoms with Gasteiger partial charge in [0.25, 0.3) is 5.78 Å². The molecule has 8 nitrogen and oxygen atoms in total. The van der Waals surface area contributed by atoms with Crippen LogP contribution in [0.4, 0.5) is 11.5 Å². The molecule has 0 saturated carbocycles. The zero-order chi connectivity index (χ0) is 21.3. The fraction of sp³-hybridized carbons (Fsp3) is 0.429. The first-order valence-electron chi connectivity index (χ1n) is 10.1. The molecule has 3 heterocycles. The highest BCUT2D eigenvalue weighted by atomic mass is 35.5. The lowest BCUT2D eigenvalue weighted by molar-refractivity contribution is -0.120. The molecule has 1 unspecified atom stereocenters. The van der Waals surface area contributed by atoms with Crippen LogP contribution in [0.2, 0.25) is 5.02 Å². The zero-order valence-corrected chi connectivity index (χ0v) is 18.1. The maximum Gasteiger partial charge on any atom is 0.254 e. The lowest BCUT2D eigenvalue weighted by Gasteiger charge is -2.35. The van der Waals surface area contributed by atoms with E-state index in [-0.39, 0.29) is 11.8 Å². The second kappa shape index (κ2) is 8.47. The molecule has 1 aliphatic rings. The summed E-state index contributed by atoms with van der Waals surface area (Å²) >= 11 is 6.10. The van der Waals surface area contributed by atoms with Gasteiger partial charge in [-0.05, 0) is 44.4 Å². The number of benzene rings is 1. The van der Waals surface area contributed by atoms with Gasteiger partial charge in [0.1, 0.15) is 17.9 Å². The maximum atomic E-state index is 13.1. The normalized spacial score (nSPS) is 16.7. The summed E-state index contributed by atoms with van der Waals surface area (Å²) in [4.78, 5) is 24.1. The standard InChI is InChI=1S/C21H25ClN6O2/c1-4-16-13(2)25-21-23-12-24-28(21)20(16)27-9-5-6-14(11-27)19(29)26-17-10-15(22)7-8-18(17)30-3/h7-8,10,12,14H,4-6,9,11H2,1-3H3,(H,26,29). The van der Waals surface area contributed by atoms with Crippen LogP contribution in [0.5, 0.6) is 5.75 Å². The summed E-state index contributed by atoms with van der Waals surface area (Å²) in [6, 6.07) is 5.19. The van der Waals surface area contributed by atoms with E-state index in [0.29, 0.717) is 28.8 Å².